The van der Waals surface area contributed by atoms with E-state index in [1.165, 1.54) is 23.4 Å². The average Bonchev–Trinajstić information content (AvgIpc) is 2.84. The van der Waals surface area contributed by atoms with Gasteiger partial charge in [-0.25, -0.2) is 18.7 Å². The van der Waals surface area contributed by atoms with Crippen molar-refractivity contribution in [2.45, 2.75) is 0 Å². The smallest absolute Gasteiger partial charge is 0.267 e. The van der Waals surface area contributed by atoms with Crippen molar-refractivity contribution >= 4 is 17.4 Å². The second kappa shape index (κ2) is 6.64. The van der Waals surface area contributed by atoms with Crippen LogP contribution in [0.25, 0.3) is 11.1 Å². The molecule has 0 aliphatic carbocycles. The molecule has 1 aromatic heterocycles. The van der Waals surface area contributed by atoms with Gasteiger partial charge in [0.2, 0.25) is 5.88 Å². The first-order valence-corrected chi connectivity index (χ1v) is 8.16. The number of benzene rings is 2. The van der Waals surface area contributed by atoms with Crippen molar-refractivity contribution in [1.29, 1.82) is 0 Å². The summed E-state index contributed by atoms with van der Waals surface area (Å²) in [7, 11) is 0. The van der Waals surface area contributed by atoms with Crippen molar-refractivity contribution in [2.24, 2.45) is 0 Å². The van der Waals surface area contributed by atoms with Gasteiger partial charge in [-0.05, 0) is 23.8 Å². The zero-order valence-electron chi connectivity index (χ0n) is 14.0. The number of carbonyl (C=O) groups excluding carboxylic acids is 1. The van der Waals surface area contributed by atoms with Crippen LogP contribution in [0.15, 0.2) is 48.8 Å². The molecule has 0 saturated heterocycles. The molecule has 27 heavy (non-hydrogen) atoms. The number of hydrogen-bond acceptors (Lipinski definition) is 5. The summed E-state index contributed by atoms with van der Waals surface area (Å²) in [5.41, 5.74) is 7.14. The van der Waals surface area contributed by atoms with Crippen LogP contribution in [0.3, 0.4) is 0 Å². The number of ether oxygens (including phenoxy) is 1. The number of nitrogen functional groups attached to an aromatic ring is 1. The van der Waals surface area contributed by atoms with E-state index in [0.717, 1.165) is 6.07 Å². The number of carbonyl (C=O) groups is 1. The lowest BCUT2D eigenvalue weighted by atomic mass is 10.0. The number of amides is 1. The van der Waals surface area contributed by atoms with Crippen molar-refractivity contribution in [3.8, 4) is 17.0 Å². The van der Waals surface area contributed by atoms with E-state index in [1.807, 2.05) is 0 Å². The van der Waals surface area contributed by atoms with Crippen LogP contribution in [-0.4, -0.2) is 29.0 Å². The van der Waals surface area contributed by atoms with Crippen LogP contribution in [-0.2, 0) is 0 Å². The van der Waals surface area contributed by atoms with Gasteiger partial charge in [-0.15, -0.1) is 0 Å². The van der Waals surface area contributed by atoms with Crippen molar-refractivity contribution in [2.75, 3.05) is 23.8 Å². The van der Waals surface area contributed by atoms with E-state index in [4.69, 9.17) is 10.5 Å². The lowest BCUT2D eigenvalue weighted by Crippen LogP contribution is -2.32. The molecule has 1 aliphatic rings. The molecule has 1 aliphatic heterocycles. The number of anilines is 2. The van der Waals surface area contributed by atoms with Crippen LogP contribution in [0.5, 0.6) is 5.88 Å². The van der Waals surface area contributed by atoms with Gasteiger partial charge in [0.15, 0.2) is 11.6 Å². The number of nitrogens with zero attached hydrogens (tertiary/aromatic N) is 3. The summed E-state index contributed by atoms with van der Waals surface area (Å²) >= 11 is 0. The summed E-state index contributed by atoms with van der Waals surface area (Å²) in [5.74, 6) is -2.03. The molecule has 0 spiro atoms. The first-order chi connectivity index (χ1) is 13.1. The third kappa shape index (κ3) is 2.95. The highest BCUT2D eigenvalue weighted by atomic mass is 19.2. The highest BCUT2D eigenvalue weighted by Crippen LogP contribution is 2.30. The Morgan fingerprint density at radius 2 is 1.85 bits per heavy atom. The summed E-state index contributed by atoms with van der Waals surface area (Å²) < 4.78 is 32.9. The van der Waals surface area contributed by atoms with Crippen molar-refractivity contribution < 1.29 is 18.3 Å². The minimum atomic E-state index is -0.914. The molecule has 4 rings (SSSR count). The monoisotopic (exact) mass is 368 g/mol. The number of rotatable bonds is 2. The van der Waals surface area contributed by atoms with Crippen molar-refractivity contribution in [3.63, 3.8) is 0 Å². The van der Waals surface area contributed by atoms with Crippen molar-refractivity contribution in [1.82, 2.24) is 9.97 Å². The molecule has 0 atom stereocenters. The van der Waals surface area contributed by atoms with E-state index in [1.54, 1.807) is 24.3 Å². The Hall–Kier alpha value is -3.55. The van der Waals surface area contributed by atoms with Gasteiger partial charge in [-0.3, -0.25) is 4.79 Å². The fourth-order valence-electron chi connectivity index (χ4n) is 2.96. The normalized spacial score (nSPS) is 13.7. The molecule has 6 nitrogen and oxygen atoms in total. The van der Waals surface area contributed by atoms with Gasteiger partial charge in [0.25, 0.3) is 5.91 Å². The topological polar surface area (TPSA) is 81.3 Å². The maximum absolute atomic E-state index is 14.0. The fraction of sp³-hybridized carbons (Fsp3) is 0.105. The number of hydrogen-bond donors (Lipinski definition) is 1. The summed E-state index contributed by atoms with van der Waals surface area (Å²) in [6.45, 7) is 0.512. The standard InChI is InChI=1S/C19H14F2N4O2/c20-14-3-1-2-13(16(14)21)11-4-6-12(7-5-11)25-8-9-27-18-15(19(25)26)17(22)23-10-24-18/h1-7,10H,8-9H2,(H2,22,23,24). The highest BCUT2D eigenvalue weighted by molar-refractivity contribution is 6.10. The van der Waals surface area contributed by atoms with E-state index in [0.29, 0.717) is 11.3 Å². The third-order valence-corrected chi connectivity index (χ3v) is 4.30. The van der Waals surface area contributed by atoms with E-state index in [9.17, 15) is 13.6 Å². The SMILES string of the molecule is Nc1ncnc2c1C(=O)N(c1ccc(-c3cccc(F)c3F)cc1)CCO2. The Morgan fingerprint density at radius 1 is 1.07 bits per heavy atom. The molecule has 0 unspecified atom stereocenters. The predicted molar refractivity (Wildman–Crippen MR) is 95.4 cm³/mol. The van der Waals surface area contributed by atoms with Gasteiger partial charge in [0.1, 0.15) is 24.3 Å². The van der Waals surface area contributed by atoms with Crippen LogP contribution < -0.4 is 15.4 Å². The molecular weight excluding hydrogens is 354 g/mol. The van der Waals surface area contributed by atoms with Crippen LogP contribution in [0.1, 0.15) is 10.4 Å². The van der Waals surface area contributed by atoms with Gasteiger partial charge in [0.05, 0.1) is 6.54 Å². The van der Waals surface area contributed by atoms with Crippen LogP contribution >= 0.6 is 0 Å². The Balaban J connectivity index is 1.69. The number of halogens is 2. The summed E-state index contributed by atoms with van der Waals surface area (Å²) in [6.07, 6.45) is 1.24. The van der Waals surface area contributed by atoms with E-state index in [2.05, 4.69) is 9.97 Å². The molecule has 2 aromatic carbocycles. The van der Waals surface area contributed by atoms with E-state index >= 15 is 0 Å². The molecule has 136 valence electrons. The number of nitrogens with two attached hydrogens (primary N) is 1. The molecule has 2 heterocycles. The molecule has 0 saturated carbocycles. The zero-order valence-corrected chi connectivity index (χ0v) is 14.0. The highest BCUT2D eigenvalue weighted by Gasteiger charge is 2.28. The minimum absolute atomic E-state index is 0.0374. The zero-order chi connectivity index (χ0) is 19.0. The largest absolute Gasteiger partial charge is 0.475 e. The molecule has 1 amide bonds. The van der Waals surface area contributed by atoms with Gasteiger partial charge >= 0.3 is 0 Å². The van der Waals surface area contributed by atoms with Gasteiger partial charge in [-0.2, -0.15) is 0 Å². The van der Waals surface area contributed by atoms with Gasteiger partial charge in [0, 0.05) is 11.3 Å². The van der Waals surface area contributed by atoms with Gasteiger partial charge in [-0.1, -0.05) is 24.3 Å². The Bertz CT molecular complexity index is 1020. The van der Waals surface area contributed by atoms with Crippen LogP contribution in [0.4, 0.5) is 20.3 Å². The molecule has 8 heteroatoms. The Morgan fingerprint density at radius 3 is 2.63 bits per heavy atom. The molecule has 2 N–H and O–H groups in total. The maximum Gasteiger partial charge on any atom is 0.267 e. The quantitative estimate of drug-likeness (QED) is 0.752. The fourth-order valence-corrected chi connectivity index (χ4v) is 2.96. The lowest BCUT2D eigenvalue weighted by Gasteiger charge is -2.20. The van der Waals surface area contributed by atoms with Crippen LogP contribution in [0, 0.1) is 11.6 Å². The van der Waals surface area contributed by atoms with Gasteiger partial charge < -0.3 is 15.4 Å². The van der Waals surface area contributed by atoms with Crippen molar-refractivity contribution in [3.05, 3.63) is 66.0 Å². The predicted octanol–water partition coefficient (Wildman–Crippen LogP) is 3.04. The maximum atomic E-state index is 14.0. The summed E-state index contributed by atoms with van der Waals surface area (Å²) in [6, 6.07) is 10.6. The van der Waals surface area contributed by atoms with E-state index in [-0.39, 0.29) is 41.9 Å². The molecular formula is C19H14F2N4O2. The minimum Gasteiger partial charge on any atom is -0.475 e. The molecule has 0 fully saturated rings. The third-order valence-electron chi connectivity index (χ3n) is 4.30. The summed E-state index contributed by atoms with van der Waals surface area (Å²) in [5, 5.41) is 0. The first-order valence-electron chi connectivity index (χ1n) is 8.16. The summed E-state index contributed by atoms with van der Waals surface area (Å²) in [4.78, 5) is 22.2. The van der Waals surface area contributed by atoms with Crippen LogP contribution in [0.2, 0.25) is 0 Å². The molecule has 0 bridgehead atoms. The Kier molecular flexibility index (Phi) is 4.15. The van der Waals surface area contributed by atoms with E-state index < -0.39 is 11.6 Å². The Labute approximate surface area is 153 Å². The molecule has 0 radical (unpaired) electrons. The second-order valence-electron chi connectivity index (χ2n) is 5.89. The first kappa shape index (κ1) is 16.9. The average molecular weight is 368 g/mol. The molecule has 3 aromatic rings. The lowest BCUT2D eigenvalue weighted by molar-refractivity contribution is 0.0990. The second-order valence-corrected chi connectivity index (χ2v) is 5.89. The number of aromatic nitrogens is 2. The number of fused-ring (bicyclic) bond motifs is 1.